The minimum atomic E-state index is -1.86. The third-order valence-electron chi connectivity index (χ3n) is 14.0. The summed E-state index contributed by atoms with van der Waals surface area (Å²) >= 11 is 0. The van der Waals surface area contributed by atoms with Crippen LogP contribution in [0.1, 0.15) is 105 Å². The Bertz CT molecular complexity index is 2550. The Kier molecular flexibility index (Phi) is 27.5. The van der Waals surface area contributed by atoms with Crippen LogP contribution in [0.25, 0.3) is 0 Å². The number of aliphatic hydroxyl groups excluding tert-OH is 1. The zero-order valence-electron chi connectivity index (χ0n) is 47.6. The molecule has 0 aliphatic carbocycles. The van der Waals surface area contributed by atoms with Crippen molar-refractivity contribution in [1.82, 2.24) is 47.4 Å². The quantitative estimate of drug-likeness (QED) is 0.0412. The number of carboxylic acids is 3. The summed E-state index contributed by atoms with van der Waals surface area (Å²) in [4.78, 5) is 162. The molecule has 1 aliphatic rings. The van der Waals surface area contributed by atoms with Crippen LogP contribution in [0.2, 0.25) is 0 Å². The van der Waals surface area contributed by atoms with Crippen molar-refractivity contribution in [2.75, 3.05) is 13.2 Å². The Morgan fingerprint density at radius 1 is 0.537 bits per heavy atom. The van der Waals surface area contributed by atoms with E-state index in [1.807, 2.05) is 6.92 Å². The Hall–Kier alpha value is -8.00. The number of nitrogens with zero attached hydrogens (tertiary/aromatic N) is 1. The maximum absolute atomic E-state index is 14.6. The number of nitrogens with two attached hydrogens (primary N) is 1. The molecule has 1 aliphatic heterocycles. The minimum Gasteiger partial charge on any atom is -0.481 e. The summed E-state index contributed by atoms with van der Waals surface area (Å²) in [6, 6.07) is 2.30. The van der Waals surface area contributed by atoms with Gasteiger partial charge in [0.25, 0.3) is 0 Å². The highest BCUT2D eigenvalue weighted by atomic mass is 16.4. The van der Waals surface area contributed by atoms with Crippen LogP contribution in [0.4, 0.5) is 0 Å². The van der Waals surface area contributed by atoms with Crippen LogP contribution in [0.15, 0.2) is 60.7 Å². The van der Waals surface area contributed by atoms with Crippen LogP contribution in [0.3, 0.4) is 0 Å². The first kappa shape index (κ1) is 68.3. The zero-order chi connectivity index (χ0) is 61.5. The van der Waals surface area contributed by atoms with E-state index in [4.69, 9.17) is 5.73 Å². The third-order valence-corrected chi connectivity index (χ3v) is 14.0. The van der Waals surface area contributed by atoms with Crippen molar-refractivity contribution in [3.8, 4) is 0 Å². The van der Waals surface area contributed by atoms with Gasteiger partial charge in [-0.25, -0.2) is 4.79 Å². The van der Waals surface area contributed by atoms with Crippen molar-refractivity contribution in [1.29, 1.82) is 0 Å². The largest absolute Gasteiger partial charge is 0.481 e. The monoisotopic (exact) mass is 1150 g/mol. The van der Waals surface area contributed by atoms with Crippen LogP contribution >= 0.6 is 0 Å². The van der Waals surface area contributed by atoms with Gasteiger partial charge in [0.2, 0.25) is 53.2 Å². The van der Waals surface area contributed by atoms with Gasteiger partial charge < -0.3 is 73.6 Å². The normalized spacial score (nSPS) is 16.8. The van der Waals surface area contributed by atoms with E-state index in [9.17, 15) is 78.0 Å². The second-order valence-electron chi connectivity index (χ2n) is 21.5. The number of aliphatic carboxylic acids is 3. The summed E-state index contributed by atoms with van der Waals surface area (Å²) in [5.74, 6) is -14.4. The summed E-state index contributed by atoms with van der Waals surface area (Å²) in [5, 5.41) is 59.1. The molecule has 1 fully saturated rings. The molecule has 0 spiro atoms. The van der Waals surface area contributed by atoms with Crippen molar-refractivity contribution >= 4 is 71.1 Å². The highest BCUT2D eigenvalue weighted by molar-refractivity contribution is 5.99. The molecule has 14 N–H and O–H groups in total. The number of nitrogens with one attached hydrogen (secondary N) is 8. The summed E-state index contributed by atoms with van der Waals surface area (Å²) in [5.41, 5.74) is 7.17. The summed E-state index contributed by atoms with van der Waals surface area (Å²) in [6.45, 7) is 12.2. The predicted molar refractivity (Wildman–Crippen MR) is 296 cm³/mol. The lowest BCUT2D eigenvalue weighted by Gasteiger charge is -2.32. The second kappa shape index (κ2) is 33.1. The molecule has 11 atom stereocenters. The molecule has 0 radical (unpaired) electrons. The molecule has 1 saturated heterocycles. The molecule has 2 aromatic carbocycles. The van der Waals surface area contributed by atoms with Crippen LogP contribution in [0.5, 0.6) is 0 Å². The van der Waals surface area contributed by atoms with Gasteiger partial charge in [-0.05, 0) is 54.1 Å². The first-order valence-corrected chi connectivity index (χ1v) is 27.4. The van der Waals surface area contributed by atoms with Crippen molar-refractivity contribution in [2.45, 2.75) is 167 Å². The number of carbonyl (C=O) groups is 12. The van der Waals surface area contributed by atoms with Gasteiger partial charge in [-0.15, -0.1) is 0 Å². The number of hydrogen-bond acceptors (Lipinski definition) is 14. The Morgan fingerprint density at radius 2 is 0.976 bits per heavy atom. The molecule has 1 heterocycles. The molecule has 0 unspecified atom stereocenters. The first-order valence-electron chi connectivity index (χ1n) is 27.4. The van der Waals surface area contributed by atoms with Gasteiger partial charge in [0.15, 0.2) is 0 Å². The third kappa shape index (κ3) is 21.1. The number of hydrogen-bond donors (Lipinski definition) is 13. The average molecular weight is 1150 g/mol. The van der Waals surface area contributed by atoms with Gasteiger partial charge in [-0.1, -0.05) is 122 Å². The molecular weight excluding hydrogens is 1070 g/mol. The van der Waals surface area contributed by atoms with Gasteiger partial charge >= 0.3 is 17.9 Å². The molecule has 82 heavy (non-hydrogen) atoms. The number of amides is 9. The molecule has 26 heteroatoms. The number of likely N-dealkylation sites (tertiary alicyclic amines) is 1. The number of aliphatic hydroxyl groups is 1. The molecule has 0 bridgehead atoms. The van der Waals surface area contributed by atoms with Gasteiger partial charge in [0.05, 0.1) is 19.1 Å². The summed E-state index contributed by atoms with van der Waals surface area (Å²) < 4.78 is 0. The molecular formula is C56H82N10O16. The number of rotatable bonds is 33. The fraction of sp³-hybridized carbons (Fsp3) is 0.571. The maximum atomic E-state index is 14.6. The van der Waals surface area contributed by atoms with E-state index < -0.39 is 175 Å². The Morgan fingerprint density at radius 3 is 1.44 bits per heavy atom. The van der Waals surface area contributed by atoms with Crippen molar-refractivity contribution < 1.29 is 78.0 Å². The molecule has 9 amide bonds. The lowest BCUT2D eigenvalue weighted by atomic mass is 9.97. The van der Waals surface area contributed by atoms with Crippen LogP contribution in [-0.2, 0) is 70.4 Å². The van der Waals surface area contributed by atoms with Gasteiger partial charge in [-0.3, -0.25) is 52.7 Å². The van der Waals surface area contributed by atoms with Crippen molar-refractivity contribution in [3.05, 3.63) is 71.8 Å². The van der Waals surface area contributed by atoms with Crippen LogP contribution < -0.4 is 48.3 Å². The lowest BCUT2D eigenvalue weighted by Crippen LogP contribution is -2.62. The van der Waals surface area contributed by atoms with Gasteiger partial charge in [0, 0.05) is 25.8 Å². The molecule has 0 saturated carbocycles. The predicted octanol–water partition coefficient (Wildman–Crippen LogP) is -0.901. The summed E-state index contributed by atoms with van der Waals surface area (Å²) in [7, 11) is 0. The second-order valence-corrected chi connectivity index (χ2v) is 21.5. The van der Waals surface area contributed by atoms with Crippen molar-refractivity contribution in [3.63, 3.8) is 0 Å². The van der Waals surface area contributed by atoms with Gasteiger partial charge in [0.1, 0.15) is 54.4 Å². The first-order chi connectivity index (χ1) is 38.6. The summed E-state index contributed by atoms with van der Waals surface area (Å²) in [6.07, 6.45) is -1.56. The van der Waals surface area contributed by atoms with E-state index in [1.165, 1.54) is 13.8 Å². The van der Waals surface area contributed by atoms with Crippen molar-refractivity contribution in [2.24, 2.45) is 29.4 Å². The van der Waals surface area contributed by atoms with Crippen LogP contribution in [0, 0.1) is 23.7 Å². The number of benzene rings is 2. The van der Waals surface area contributed by atoms with E-state index in [1.54, 1.807) is 95.3 Å². The fourth-order valence-electron chi connectivity index (χ4n) is 8.89. The molecule has 26 nitrogen and oxygen atoms in total. The van der Waals surface area contributed by atoms with E-state index in [2.05, 4.69) is 42.5 Å². The lowest BCUT2D eigenvalue weighted by molar-refractivity contribution is -0.145. The smallest absolute Gasteiger partial charge is 0.326 e. The highest BCUT2D eigenvalue weighted by Gasteiger charge is 2.42. The standard InChI is InChI=1S/C56H82N10O16/c1-9-32(8)43(57)53(78)63-44(29(2)3)54(79)58-35(22-23-41(68)69)47(72)59-37(26-34-19-14-11-15-20-34)50(75)64-45(30(4)5)55(80)66-24-16-21-40(66)52(77)61-38(27-42(70)71)49(74)60-36(25-33-17-12-10-13-18-33)48(73)62-39(28-67)51(76)65-46(31(6)7)56(81)82/h10-15,17-20,29-32,35-40,43-46,67H,9,16,21-28,57H2,1-8H3,(H,58,79)(H,59,72)(H,60,74)(H,61,77)(H,62,73)(H,63,78)(H,64,75)(H,65,76)(H,68,69)(H,70,71)(H,81,82)/t32-,35-,36-,37-,38-,39-,40-,43-,44-,45-,46-/m0/s1. The van der Waals surface area contributed by atoms with E-state index in [-0.39, 0.29) is 38.1 Å². The fourth-order valence-corrected chi connectivity index (χ4v) is 8.89. The van der Waals surface area contributed by atoms with Crippen LogP contribution in [-0.4, -0.2) is 170 Å². The van der Waals surface area contributed by atoms with Gasteiger partial charge in [-0.2, -0.15) is 0 Å². The van der Waals surface area contributed by atoms with E-state index >= 15 is 0 Å². The molecule has 2 aromatic rings. The van der Waals surface area contributed by atoms with E-state index in [0.29, 0.717) is 17.5 Å². The Balaban J connectivity index is 1.90. The van der Waals surface area contributed by atoms with E-state index in [0.717, 1.165) is 4.90 Å². The zero-order valence-corrected chi connectivity index (χ0v) is 47.6. The number of carbonyl (C=O) groups excluding carboxylic acids is 9. The number of carboxylic acid groups (broad SMARTS) is 3. The minimum absolute atomic E-state index is 0.0222. The molecule has 0 aromatic heterocycles. The molecule has 452 valence electrons. The highest BCUT2D eigenvalue weighted by Crippen LogP contribution is 2.22. The molecule has 3 rings (SSSR count). The Labute approximate surface area is 476 Å². The average Bonchev–Trinajstić information content (AvgIpc) is 3.95. The topological polar surface area (TPSA) is 411 Å². The maximum Gasteiger partial charge on any atom is 0.326 e. The SMILES string of the molecule is CC[C@H](C)[C@H](N)C(=O)N[C@H](C(=O)N[C@@H](CCC(=O)O)C(=O)N[C@@H](Cc1ccccc1)C(=O)N[C@H](C(=O)N1CCC[C@H]1C(=O)N[C@@H](CC(=O)O)C(=O)N[C@@H](Cc1ccccc1)C(=O)N[C@@H](CO)C(=O)N[C@H](C(=O)O)C(C)C)C(C)C)C(C)C.